The van der Waals surface area contributed by atoms with E-state index in [2.05, 4.69) is 51.8 Å². The Bertz CT molecular complexity index is 396. The number of aryl methyl sites for hydroxylation is 1. The molecule has 0 aliphatic carbocycles. The molecule has 0 radical (unpaired) electrons. The predicted octanol–water partition coefficient (Wildman–Crippen LogP) is 3.62. The van der Waals surface area contributed by atoms with Crippen LogP contribution in [0.25, 0.3) is 0 Å². The highest BCUT2D eigenvalue weighted by atomic mass is 32.2. The van der Waals surface area contributed by atoms with Crippen LogP contribution in [-0.2, 0) is 0 Å². The number of hydrogen-bond acceptors (Lipinski definition) is 2. The van der Waals surface area contributed by atoms with Crippen molar-refractivity contribution in [3.8, 4) is 0 Å². The molecule has 0 saturated carbocycles. The first kappa shape index (κ1) is 10.9. The summed E-state index contributed by atoms with van der Waals surface area (Å²) in [5.41, 5.74) is 4.25. The minimum absolute atomic E-state index is 0.323. The molecule has 1 aliphatic heterocycles. The molecule has 2 rings (SSSR count). The Balaban J connectivity index is 2.55. The molecule has 0 fully saturated rings. The summed E-state index contributed by atoms with van der Waals surface area (Å²) in [4.78, 5) is 3.82. The van der Waals surface area contributed by atoms with Crippen molar-refractivity contribution in [2.75, 3.05) is 18.5 Å². The summed E-state index contributed by atoms with van der Waals surface area (Å²) in [7, 11) is 2.20. The van der Waals surface area contributed by atoms with E-state index >= 15 is 0 Å². The van der Waals surface area contributed by atoms with Crippen molar-refractivity contribution in [1.29, 1.82) is 0 Å². The van der Waals surface area contributed by atoms with Gasteiger partial charge in [-0.25, -0.2) is 0 Å². The monoisotopic (exact) mass is 221 g/mol. The molecule has 82 valence electrons. The van der Waals surface area contributed by atoms with Gasteiger partial charge in [0.1, 0.15) is 0 Å². The van der Waals surface area contributed by atoms with Gasteiger partial charge in [0.2, 0.25) is 0 Å². The lowest BCUT2D eigenvalue weighted by atomic mass is 10.1. The summed E-state index contributed by atoms with van der Waals surface area (Å²) in [5.74, 6) is 0. The Morgan fingerprint density at radius 3 is 2.60 bits per heavy atom. The lowest BCUT2D eigenvalue weighted by molar-refractivity contribution is 0.674. The van der Waals surface area contributed by atoms with E-state index in [4.69, 9.17) is 0 Å². The van der Waals surface area contributed by atoms with Crippen LogP contribution in [0.3, 0.4) is 0 Å². The zero-order chi connectivity index (χ0) is 11.2. The number of anilines is 1. The molecule has 0 amide bonds. The summed E-state index contributed by atoms with van der Waals surface area (Å²) in [6, 6.07) is 4.50. The standard InChI is InChI=1S/C13H19NS/c1-9-6-7-11-12(10(9)2)14(5)8-13(3,4)15-11/h6-7H,8H2,1-5H3. The molecule has 1 aromatic rings. The summed E-state index contributed by atoms with van der Waals surface area (Å²) < 4.78 is 0.323. The van der Waals surface area contributed by atoms with Crippen molar-refractivity contribution in [3.63, 3.8) is 0 Å². The molecule has 1 aromatic carbocycles. The average molecular weight is 221 g/mol. The van der Waals surface area contributed by atoms with Crippen molar-refractivity contribution in [3.05, 3.63) is 23.3 Å². The molecule has 1 aliphatic rings. The highest BCUT2D eigenvalue weighted by Gasteiger charge is 2.30. The summed E-state index contributed by atoms with van der Waals surface area (Å²) in [6.45, 7) is 10.2. The van der Waals surface area contributed by atoms with E-state index in [0.717, 1.165) is 6.54 Å². The largest absolute Gasteiger partial charge is 0.372 e. The van der Waals surface area contributed by atoms with Crippen molar-refractivity contribution in [2.24, 2.45) is 0 Å². The van der Waals surface area contributed by atoms with E-state index in [1.807, 2.05) is 11.8 Å². The Morgan fingerprint density at radius 2 is 1.93 bits per heavy atom. The van der Waals surface area contributed by atoms with E-state index in [1.54, 1.807) is 0 Å². The van der Waals surface area contributed by atoms with Crippen LogP contribution in [0.5, 0.6) is 0 Å². The maximum atomic E-state index is 2.40. The Hall–Kier alpha value is -0.630. The highest BCUT2D eigenvalue weighted by Crippen LogP contribution is 2.45. The molecule has 0 atom stereocenters. The first-order valence-corrected chi connectivity index (χ1v) is 6.23. The molecular formula is C13H19NS. The SMILES string of the molecule is Cc1ccc2c(c1C)N(C)CC(C)(C)S2. The molecule has 15 heavy (non-hydrogen) atoms. The smallest absolute Gasteiger partial charge is 0.0534 e. The number of thioether (sulfide) groups is 1. The highest BCUT2D eigenvalue weighted by molar-refractivity contribution is 8.00. The minimum Gasteiger partial charge on any atom is -0.372 e. The Labute approximate surface area is 96.9 Å². The molecule has 0 saturated heterocycles. The number of benzene rings is 1. The fraction of sp³-hybridized carbons (Fsp3) is 0.538. The number of fused-ring (bicyclic) bond motifs is 1. The van der Waals surface area contributed by atoms with Crippen LogP contribution in [0.4, 0.5) is 5.69 Å². The second kappa shape index (κ2) is 3.44. The van der Waals surface area contributed by atoms with E-state index < -0.39 is 0 Å². The first-order valence-electron chi connectivity index (χ1n) is 5.41. The van der Waals surface area contributed by atoms with Gasteiger partial charge in [-0.2, -0.15) is 0 Å². The van der Waals surface area contributed by atoms with Gasteiger partial charge in [0.25, 0.3) is 0 Å². The van der Waals surface area contributed by atoms with E-state index in [1.165, 1.54) is 21.7 Å². The average Bonchev–Trinajstić information content (AvgIpc) is 2.09. The maximum absolute atomic E-state index is 2.40. The van der Waals surface area contributed by atoms with Gasteiger partial charge >= 0.3 is 0 Å². The fourth-order valence-electron chi connectivity index (χ4n) is 2.31. The number of nitrogens with zero attached hydrogens (tertiary/aromatic N) is 1. The molecule has 0 aromatic heterocycles. The number of hydrogen-bond donors (Lipinski definition) is 0. The number of rotatable bonds is 0. The topological polar surface area (TPSA) is 3.24 Å². The summed E-state index contributed by atoms with van der Waals surface area (Å²) in [5, 5.41) is 0. The lowest BCUT2D eigenvalue weighted by Crippen LogP contribution is -2.38. The molecule has 0 spiro atoms. The van der Waals surface area contributed by atoms with Gasteiger partial charge in [-0.15, -0.1) is 11.8 Å². The van der Waals surface area contributed by atoms with Gasteiger partial charge in [0.15, 0.2) is 0 Å². The van der Waals surface area contributed by atoms with Crippen LogP contribution in [0.2, 0.25) is 0 Å². The van der Waals surface area contributed by atoms with Crippen molar-refractivity contribution in [1.82, 2.24) is 0 Å². The molecule has 2 heteroatoms. The maximum Gasteiger partial charge on any atom is 0.0534 e. The normalized spacial score (nSPS) is 18.9. The predicted molar refractivity (Wildman–Crippen MR) is 69.1 cm³/mol. The van der Waals surface area contributed by atoms with Crippen molar-refractivity contribution < 1.29 is 0 Å². The zero-order valence-corrected chi connectivity index (χ0v) is 11.0. The van der Waals surface area contributed by atoms with Gasteiger partial charge in [0.05, 0.1) is 5.69 Å². The summed E-state index contributed by atoms with van der Waals surface area (Å²) in [6.07, 6.45) is 0. The zero-order valence-electron chi connectivity index (χ0n) is 10.2. The van der Waals surface area contributed by atoms with Crippen LogP contribution in [0, 0.1) is 13.8 Å². The first-order chi connectivity index (χ1) is 6.91. The molecule has 0 unspecified atom stereocenters. The Kier molecular flexibility index (Phi) is 2.50. The van der Waals surface area contributed by atoms with Crippen LogP contribution in [0.15, 0.2) is 17.0 Å². The van der Waals surface area contributed by atoms with Crippen molar-refractivity contribution in [2.45, 2.75) is 37.3 Å². The van der Waals surface area contributed by atoms with Gasteiger partial charge in [0, 0.05) is 23.2 Å². The molecule has 0 N–H and O–H groups in total. The third-order valence-electron chi connectivity index (χ3n) is 3.05. The minimum atomic E-state index is 0.323. The van der Waals surface area contributed by atoms with E-state index in [-0.39, 0.29) is 0 Å². The molecule has 1 heterocycles. The van der Waals surface area contributed by atoms with Crippen LogP contribution in [-0.4, -0.2) is 18.3 Å². The molecule has 0 bridgehead atoms. The second-order valence-corrected chi connectivity index (χ2v) is 6.82. The van der Waals surface area contributed by atoms with Gasteiger partial charge in [-0.3, -0.25) is 0 Å². The summed E-state index contributed by atoms with van der Waals surface area (Å²) >= 11 is 2.00. The third-order valence-corrected chi connectivity index (χ3v) is 4.28. The van der Waals surface area contributed by atoms with Crippen LogP contribution >= 0.6 is 11.8 Å². The van der Waals surface area contributed by atoms with Crippen LogP contribution in [0.1, 0.15) is 25.0 Å². The van der Waals surface area contributed by atoms with E-state index in [9.17, 15) is 0 Å². The fourth-order valence-corrected chi connectivity index (χ4v) is 3.71. The van der Waals surface area contributed by atoms with Crippen molar-refractivity contribution >= 4 is 17.4 Å². The third kappa shape index (κ3) is 1.87. The second-order valence-electron chi connectivity index (χ2n) is 5.07. The van der Waals surface area contributed by atoms with Crippen LogP contribution < -0.4 is 4.90 Å². The Morgan fingerprint density at radius 1 is 1.27 bits per heavy atom. The molecular weight excluding hydrogens is 202 g/mol. The van der Waals surface area contributed by atoms with Gasteiger partial charge in [-0.1, -0.05) is 6.07 Å². The molecule has 1 nitrogen and oxygen atoms in total. The van der Waals surface area contributed by atoms with Gasteiger partial charge in [-0.05, 0) is 44.9 Å². The van der Waals surface area contributed by atoms with E-state index in [0.29, 0.717) is 4.75 Å². The van der Waals surface area contributed by atoms with Gasteiger partial charge < -0.3 is 4.90 Å². The quantitative estimate of drug-likeness (QED) is 0.658. The lowest BCUT2D eigenvalue weighted by Gasteiger charge is -2.39.